The minimum absolute atomic E-state index is 0.764. The standard InChI is InChI=1S/C17H19N5OS/c1-2-15(24-11-1)16-19-12-14(13-20-16)17-18-3-4-22(17)6-5-21-7-9-23-10-8-21/h1-4,11-13H,5-10H2. The summed E-state index contributed by atoms with van der Waals surface area (Å²) in [5.41, 5.74) is 0.947. The molecular formula is C17H19N5OS. The third-order valence-electron chi connectivity index (χ3n) is 4.13. The van der Waals surface area contributed by atoms with Crippen molar-refractivity contribution < 1.29 is 4.74 Å². The van der Waals surface area contributed by atoms with Gasteiger partial charge in [0.1, 0.15) is 5.82 Å². The van der Waals surface area contributed by atoms with E-state index in [4.69, 9.17) is 4.74 Å². The van der Waals surface area contributed by atoms with E-state index in [1.54, 1.807) is 11.3 Å². The Kier molecular flexibility index (Phi) is 4.64. The van der Waals surface area contributed by atoms with Crippen molar-refractivity contribution >= 4 is 11.3 Å². The summed E-state index contributed by atoms with van der Waals surface area (Å²) in [5.74, 6) is 1.68. The van der Waals surface area contributed by atoms with Gasteiger partial charge in [-0.2, -0.15) is 0 Å². The van der Waals surface area contributed by atoms with Crippen molar-refractivity contribution in [2.75, 3.05) is 32.8 Å². The molecule has 0 atom stereocenters. The van der Waals surface area contributed by atoms with Crippen molar-refractivity contribution in [2.45, 2.75) is 6.54 Å². The van der Waals surface area contributed by atoms with Gasteiger partial charge in [0.15, 0.2) is 5.82 Å². The minimum atomic E-state index is 0.764. The Balaban J connectivity index is 1.47. The highest BCUT2D eigenvalue weighted by Gasteiger charge is 2.12. The second kappa shape index (κ2) is 7.21. The van der Waals surface area contributed by atoms with Gasteiger partial charge in [0.2, 0.25) is 0 Å². The van der Waals surface area contributed by atoms with E-state index in [9.17, 15) is 0 Å². The third-order valence-corrected chi connectivity index (χ3v) is 4.99. The van der Waals surface area contributed by atoms with Gasteiger partial charge in [-0.25, -0.2) is 15.0 Å². The van der Waals surface area contributed by atoms with E-state index in [-0.39, 0.29) is 0 Å². The van der Waals surface area contributed by atoms with E-state index in [0.29, 0.717) is 0 Å². The molecule has 0 N–H and O–H groups in total. The lowest BCUT2D eigenvalue weighted by atomic mass is 10.3. The van der Waals surface area contributed by atoms with Crippen LogP contribution in [0.25, 0.3) is 22.1 Å². The second-order valence-electron chi connectivity index (χ2n) is 5.67. The van der Waals surface area contributed by atoms with Gasteiger partial charge in [0.05, 0.1) is 23.7 Å². The van der Waals surface area contributed by atoms with Crippen LogP contribution >= 0.6 is 11.3 Å². The van der Waals surface area contributed by atoms with Crippen LogP contribution < -0.4 is 0 Å². The van der Waals surface area contributed by atoms with Gasteiger partial charge in [0.25, 0.3) is 0 Å². The van der Waals surface area contributed by atoms with Crippen molar-refractivity contribution in [3.8, 4) is 22.1 Å². The molecule has 7 heteroatoms. The normalized spacial score (nSPS) is 15.7. The molecule has 3 aromatic heterocycles. The topological polar surface area (TPSA) is 56.1 Å². The summed E-state index contributed by atoms with van der Waals surface area (Å²) in [5, 5.41) is 2.03. The zero-order chi connectivity index (χ0) is 16.2. The molecule has 0 aromatic carbocycles. The fourth-order valence-corrected chi connectivity index (χ4v) is 3.47. The van der Waals surface area contributed by atoms with Crippen LogP contribution in [0.4, 0.5) is 0 Å². The molecule has 1 aliphatic heterocycles. The summed E-state index contributed by atoms with van der Waals surface area (Å²) < 4.78 is 7.56. The van der Waals surface area contributed by atoms with E-state index < -0.39 is 0 Å². The first-order valence-electron chi connectivity index (χ1n) is 8.08. The van der Waals surface area contributed by atoms with Crippen LogP contribution in [0.15, 0.2) is 42.3 Å². The zero-order valence-electron chi connectivity index (χ0n) is 13.3. The number of ether oxygens (including phenoxy) is 1. The van der Waals surface area contributed by atoms with Crippen molar-refractivity contribution in [1.82, 2.24) is 24.4 Å². The number of imidazole rings is 1. The molecule has 3 aromatic rings. The summed E-state index contributed by atoms with van der Waals surface area (Å²) in [7, 11) is 0. The molecule has 4 heterocycles. The lowest BCUT2D eigenvalue weighted by Gasteiger charge is -2.26. The predicted molar refractivity (Wildman–Crippen MR) is 93.8 cm³/mol. The molecule has 0 bridgehead atoms. The smallest absolute Gasteiger partial charge is 0.169 e. The Bertz CT molecular complexity index is 763. The van der Waals surface area contributed by atoms with Crippen LogP contribution in [0.5, 0.6) is 0 Å². The minimum Gasteiger partial charge on any atom is -0.379 e. The molecule has 0 unspecified atom stereocenters. The van der Waals surface area contributed by atoms with Crippen LogP contribution in [0.3, 0.4) is 0 Å². The summed E-state index contributed by atoms with van der Waals surface area (Å²) in [6, 6.07) is 4.04. The largest absolute Gasteiger partial charge is 0.379 e. The molecule has 1 saturated heterocycles. The quantitative estimate of drug-likeness (QED) is 0.713. The maximum absolute atomic E-state index is 5.40. The highest BCUT2D eigenvalue weighted by Crippen LogP contribution is 2.22. The Morgan fingerprint density at radius 3 is 2.67 bits per heavy atom. The van der Waals surface area contributed by atoms with Gasteiger partial charge < -0.3 is 9.30 Å². The number of nitrogens with zero attached hydrogens (tertiary/aromatic N) is 5. The van der Waals surface area contributed by atoms with E-state index in [1.165, 1.54) is 0 Å². The third kappa shape index (κ3) is 3.38. The molecule has 124 valence electrons. The predicted octanol–water partition coefficient (Wildman–Crippen LogP) is 2.40. The van der Waals surface area contributed by atoms with Gasteiger partial charge in [-0.1, -0.05) is 6.07 Å². The first kappa shape index (κ1) is 15.4. The lowest BCUT2D eigenvalue weighted by molar-refractivity contribution is 0.0364. The Morgan fingerprint density at radius 2 is 1.92 bits per heavy atom. The number of hydrogen-bond acceptors (Lipinski definition) is 6. The number of aromatic nitrogens is 4. The molecule has 0 saturated carbocycles. The van der Waals surface area contributed by atoms with E-state index >= 15 is 0 Å². The maximum Gasteiger partial charge on any atom is 0.169 e. The summed E-state index contributed by atoms with van der Waals surface area (Å²) in [4.78, 5) is 17.0. The average molecular weight is 341 g/mol. The summed E-state index contributed by atoms with van der Waals surface area (Å²) >= 11 is 1.64. The molecule has 6 nitrogen and oxygen atoms in total. The van der Waals surface area contributed by atoms with E-state index in [1.807, 2.05) is 42.3 Å². The fourth-order valence-electron chi connectivity index (χ4n) is 2.80. The highest BCUT2D eigenvalue weighted by atomic mass is 32.1. The highest BCUT2D eigenvalue weighted by molar-refractivity contribution is 7.13. The van der Waals surface area contributed by atoms with E-state index in [0.717, 1.165) is 61.5 Å². The van der Waals surface area contributed by atoms with Crippen LogP contribution in [-0.4, -0.2) is 57.3 Å². The van der Waals surface area contributed by atoms with Gasteiger partial charge >= 0.3 is 0 Å². The number of morpholine rings is 1. The van der Waals surface area contributed by atoms with Crippen LogP contribution in [-0.2, 0) is 11.3 Å². The van der Waals surface area contributed by atoms with E-state index in [2.05, 4.69) is 24.4 Å². The van der Waals surface area contributed by atoms with Gasteiger partial charge in [0, 0.05) is 51.0 Å². The van der Waals surface area contributed by atoms with Crippen LogP contribution in [0.1, 0.15) is 0 Å². The molecule has 1 aliphatic rings. The van der Waals surface area contributed by atoms with Gasteiger partial charge in [-0.3, -0.25) is 4.90 Å². The van der Waals surface area contributed by atoms with Crippen molar-refractivity contribution in [1.29, 1.82) is 0 Å². The van der Waals surface area contributed by atoms with Crippen LogP contribution in [0.2, 0.25) is 0 Å². The first-order chi connectivity index (χ1) is 11.9. The molecule has 1 fully saturated rings. The molecular weight excluding hydrogens is 322 g/mol. The number of thiophene rings is 1. The second-order valence-corrected chi connectivity index (χ2v) is 6.62. The Hall–Kier alpha value is -2.09. The first-order valence-corrected chi connectivity index (χ1v) is 8.95. The monoisotopic (exact) mass is 341 g/mol. The summed E-state index contributed by atoms with van der Waals surface area (Å²) in [6.45, 7) is 5.57. The van der Waals surface area contributed by atoms with Crippen LogP contribution in [0, 0.1) is 0 Å². The van der Waals surface area contributed by atoms with Crippen molar-refractivity contribution in [2.24, 2.45) is 0 Å². The zero-order valence-corrected chi connectivity index (χ0v) is 14.2. The fraction of sp³-hybridized carbons (Fsp3) is 0.353. The van der Waals surface area contributed by atoms with Crippen molar-refractivity contribution in [3.05, 3.63) is 42.3 Å². The Morgan fingerprint density at radius 1 is 1.08 bits per heavy atom. The number of hydrogen-bond donors (Lipinski definition) is 0. The van der Waals surface area contributed by atoms with Gasteiger partial charge in [-0.05, 0) is 11.4 Å². The van der Waals surface area contributed by atoms with Gasteiger partial charge in [-0.15, -0.1) is 11.3 Å². The average Bonchev–Trinajstić information content (AvgIpc) is 3.33. The number of rotatable bonds is 5. The molecule has 0 radical (unpaired) electrons. The Labute approximate surface area is 144 Å². The molecule has 0 spiro atoms. The lowest BCUT2D eigenvalue weighted by Crippen LogP contribution is -2.38. The molecule has 0 amide bonds. The molecule has 4 rings (SSSR count). The summed E-state index contributed by atoms with van der Waals surface area (Å²) in [6.07, 6.45) is 7.57. The SMILES string of the molecule is c1csc(-c2ncc(-c3nccn3CCN3CCOCC3)cn2)c1. The molecule has 0 aliphatic carbocycles. The maximum atomic E-state index is 5.40. The van der Waals surface area contributed by atoms with Crippen molar-refractivity contribution in [3.63, 3.8) is 0 Å². The molecule has 24 heavy (non-hydrogen) atoms.